The van der Waals surface area contributed by atoms with Crippen LogP contribution in [0.15, 0.2) is 24.3 Å². The van der Waals surface area contributed by atoms with Gasteiger partial charge in [-0.15, -0.1) is 0 Å². The molecule has 1 unspecified atom stereocenters. The molecular weight excluding hydrogens is 531 g/mol. The van der Waals surface area contributed by atoms with Gasteiger partial charge in [-0.25, -0.2) is 4.79 Å². The van der Waals surface area contributed by atoms with Crippen LogP contribution in [0.1, 0.15) is 82.6 Å². The summed E-state index contributed by atoms with van der Waals surface area (Å²) in [5, 5.41) is 8.12. The lowest BCUT2D eigenvalue weighted by atomic mass is 9.76. The summed E-state index contributed by atoms with van der Waals surface area (Å²) in [7, 11) is 0. The molecule has 0 aromatic heterocycles. The molecule has 4 atom stereocenters. The van der Waals surface area contributed by atoms with Crippen molar-refractivity contribution in [3.8, 4) is 0 Å². The number of amides is 3. The van der Waals surface area contributed by atoms with Crippen molar-refractivity contribution >= 4 is 23.9 Å². The lowest BCUT2D eigenvalue weighted by Gasteiger charge is -2.38. The van der Waals surface area contributed by atoms with Gasteiger partial charge in [-0.3, -0.25) is 14.4 Å². The Hall–Kier alpha value is -3.31. The Morgan fingerprint density at radius 3 is 2.35 bits per heavy atom. The highest BCUT2D eigenvalue weighted by molar-refractivity contribution is 5.96. The SMILES string of the molecule is CCOC(=O)C(CC)C[C@@H]1C[C@H](NC(=O)OC(C)(C)C)CC[C@@H]1NC(=O)CNC(=O)c1cccc(C(F)(F)F)c1. The summed E-state index contributed by atoms with van der Waals surface area (Å²) in [6.45, 7) is 8.69. The molecule has 9 nitrogen and oxygen atoms in total. The van der Waals surface area contributed by atoms with Gasteiger partial charge >= 0.3 is 18.2 Å². The molecule has 2 rings (SSSR count). The number of rotatable bonds is 10. The number of hydrogen-bond donors (Lipinski definition) is 3. The summed E-state index contributed by atoms with van der Waals surface area (Å²) >= 11 is 0. The number of ether oxygens (including phenoxy) is 2. The van der Waals surface area contributed by atoms with Crippen LogP contribution in [0.3, 0.4) is 0 Å². The maximum Gasteiger partial charge on any atom is 0.416 e. The monoisotopic (exact) mass is 571 g/mol. The average Bonchev–Trinajstić information content (AvgIpc) is 2.85. The Labute approximate surface area is 232 Å². The number of carbonyl (C=O) groups is 4. The van der Waals surface area contributed by atoms with Crippen molar-refractivity contribution in [3.63, 3.8) is 0 Å². The zero-order valence-electron chi connectivity index (χ0n) is 23.7. The quantitative estimate of drug-likeness (QED) is 0.353. The largest absolute Gasteiger partial charge is 0.466 e. The molecule has 1 aromatic carbocycles. The van der Waals surface area contributed by atoms with Gasteiger partial charge in [-0.1, -0.05) is 13.0 Å². The van der Waals surface area contributed by atoms with Gasteiger partial charge in [0.2, 0.25) is 5.91 Å². The summed E-state index contributed by atoms with van der Waals surface area (Å²) in [5.74, 6) is -2.24. The fourth-order valence-electron chi connectivity index (χ4n) is 4.73. The number of esters is 1. The Morgan fingerprint density at radius 1 is 1.05 bits per heavy atom. The van der Waals surface area contributed by atoms with Gasteiger partial charge in [0.15, 0.2) is 0 Å². The molecule has 0 bridgehead atoms. The Bertz CT molecular complexity index is 1040. The van der Waals surface area contributed by atoms with Crippen LogP contribution in [0, 0.1) is 11.8 Å². The van der Waals surface area contributed by atoms with E-state index in [2.05, 4.69) is 16.0 Å². The summed E-state index contributed by atoms with van der Waals surface area (Å²) in [4.78, 5) is 49.9. The predicted molar refractivity (Wildman–Crippen MR) is 141 cm³/mol. The number of alkyl carbamates (subject to hydrolysis) is 1. The number of alkyl halides is 3. The molecule has 0 saturated heterocycles. The van der Waals surface area contributed by atoms with E-state index in [0.717, 1.165) is 18.2 Å². The van der Waals surface area contributed by atoms with E-state index in [-0.39, 0.29) is 36.1 Å². The van der Waals surface area contributed by atoms with Crippen LogP contribution in [-0.2, 0) is 25.2 Å². The van der Waals surface area contributed by atoms with E-state index in [9.17, 15) is 32.3 Å². The molecule has 0 heterocycles. The molecule has 1 aliphatic carbocycles. The van der Waals surface area contributed by atoms with Crippen LogP contribution in [0.2, 0.25) is 0 Å². The molecular formula is C28H40F3N3O6. The van der Waals surface area contributed by atoms with Crippen LogP contribution in [0.4, 0.5) is 18.0 Å². The number of halogens is 3. The molecule has 224 valence electrons. The lowest BCUT2D eigenvalue weighted by molar-refractivity contribution is -0.149. The van der Waals surface area contributed by atoms with Crippen molar-refractivity contribution < 1.29 is 41.8 Å². The fourth-order valence-corrected chi connectivity index (χ4v) is 4.73. The molecule has 0 spiro atoms. The zero-order chi connectivity index (χ0) is 30.1. The second-order valence-electron chi connectivity index (χ2n) is 10.9. The van der Waals surface area contributed by atoms with E-state index in [1.807, 2.05) is 6.92 Å². The van der Waals surface area contributed by atoms with Gasteiger partial charge in [0.25, 0.3) is 5.91 Å². The second-order valence-corrected chi connectivity index (χ2v) is 10.9. The Morgan fingerprint density at radius 2 is 1.75 bits per heavy atom. The first-order valence-electron chi connectivity index (χ1n) is 13.5. The van der Waals surface area contributed by atoms with Crippen molar-refractivity contribution in [3.05, 3.63) is 35.4 Å². The predicted octanol–water partition coefficient (Wildman–Crippen LogP) is 4.59. The minimum atomic E-state index is -4.60. The second kappa shape index (κ2) is 14.4. The highest BCUT2D eigenvalue weighted by Crippen LogP contribution is 2.32. The summed E-state index contributed by atoms with van der Waals surface area (Å²) < 4.78 is 49.5. The standard InChI is InChI=1S/C28H40F3N3O6/c1-6-17(25(37)39-7-2)13-19-15-21(33-26(38)40-27(3,4)5)11-12-22(19)34-23(35)16-32-24(36)18-9-8-10-20(14-18)28(29,30)31/h8-10,14,17,19,21-22H,6-7,11-13,15-16H2,1-5H3,(H,32,36)(H,33,38)(H,34,35)/t17?,19-,21-,22+/m1/s1. The lowest BCUT2D eigenvalue weighted by Crippen LogP contribution is -2.51. The topological polar surface area (TPSA) is 123 Å². The third kappa shape index (κ3) is 10.7. The van der Waals surface area contributed by atoms with E-state index >= 15 is 0 Å². The first-order chi connectivity index (χ1) is 18.6. The minimum absolute atomic E-state index is 0.189. The number of nitrogens with one attached hydrogen (secondary N) is 3. The van der Waals surface area contributed by atoms with Crippen LogP contribution in [0.5, 0.6) is 0 Å². The molecule has 1 aromatic rings. The van der Waals surface area contributed by atoms with E-state index < -0.39 is 47.7 Å². The normalized spacial score (nSPS) is 20.1. The summed E-state index contributed by atoms with van der Waals surface area (Å²) in [6, 6.07) is 3.36. The van der Waals surface area contributed by atoms with E-state index in [4.69, 9.17) is 9.47 Å². The maximum atomic E-state index is 13.0. The van der Waals surface area contributed by atoms with E-state index in [0.29, 0.717) is 32.1 Å². The van der Waals surface area contributed by atoms with Crippen LogP contribution in [-0.4, -0.2) is 54.7 Å². The molecule has 0 radical (unpaired) electrons. The Kier molecular flexibility index (Phi) is 11.8. The van der Waals surface area contributed by atoms with Crippen LogP contribution in [0.25, 0.3) is 0 Å². The number of carbonyl (C=O) groups excluding carboxylic acids is 4. The van der Waals surface area contributed by atoms with Crippen molar-refractivity contribution in [2.75, 3.05) is 13.2 Å². The minimum Gasteiger partial charge on any atom is -0.466 e. The fraction of sp³-hybridized carbons (Fsp3) is 0.643. The number of benzene rings is 1. The number of hydrogen-bond acceptors (Lipinski definition) is 6. The molecule has 3 N–H and O–H groups in total. The molecule has 3 amide bonds. The smallest absolute Gasteiger partial charge is 0.416 e. The molecule has 1 fully saturated rings. The van der Waals surface area contributed by atoms with Crippen LogP contribution < -0.4 is 16.0 Å². The van der Waals surface area contributed by atoms with Gasteiger partial charge in [0, 0.05) is 17.6 Å². The van der Waals surface area contributed by atoms with Crippen molar-refractivity contribution in [1.29, 1.82) is 0 Å². The van der Waals surface area contributed by atoms with Crippen LogP contribution >= 0.6 is 0 Å². The van der Waals surface area contributed by atoms with Gasteiger partial charge in [0.05, 0.1) is 24.6 Å². The van der Waals surface area contributed by atoms with Crippen molar-refractivity contribution in [2.24, 2.45) is 11.8 Å². The average molecular weight is 572 g/mol. The van der Waals surface area contributed by atoms with Gasteiger partial charge < -0.3 is 25.4 Å². The van der Waals surface area contributed by atoms with Gasteiger partial charge in [0.1, 0.15) is 5.60 Å². The zero-order valence-corrected chi connectivity index (χ0v) is 23.7. The molecule has 0 aliphatic heterocycles. The van der Waals surface area contributed by atoms with E-state index in [1.165, 1.54) is 6.07 Å². The first kappa shape index (κ1) is 32.9. The van der Waals surface area contributed by atoms with Crippen molar-refractivity contribution in [2.45, 2.75) is 90.6 Å². The van der Waals surface area contributed by atoms with E-state index in [1.54, 1.807) is 27.7 Å². The highest BCUT2D eigenvalue weighted by Gasteiger charge is 2.36. The third-order valence-corrected chi connectivity index (χ3v) is 6.61. The first-order valence-corrected chi connectivity index (χ1v) is 13.5. The summed E-state index contributed by atoms with van der Waals surface area (Å²) in [6.07, 6.45) is -2.66. The molecule has 1 saturated carbocycles. The third-order valence-electron chi connectivity index (χ3n) is 6.61. The van der Waals surface area contributed by atoms with Gasteiger partial charge in [-0.2, -0.15) is 13.2 Å². The Balaban J connectivity index is 2.05. The maximum absolute atomic E-state index is 13.0. The molecule has 40 heavy (non-hydrogen) atoms. The molecule has 1 aliphatic rings. The summed E-state index contributed by atoms with van der Waals surface area (Å²) in [5.41, 5.74) is -1.84. The van der Waals surface area contributed by atoms with Crippen molar-refractivity contribution in [1.82, 2.24) is 16.0 Å². The highest BCUT2D eigenvalue weighted by atomic mass is 19.4. The molecule has 12 heteroatoms. The van der Waals surface area contributed by atoms with Gasteiger partial charge in [-0.05, 0) is 83.9 Å².